The Labute approximate surface area is 155 Å². The van der Waals surface area contributed by atoms with Crippen LogP contribution in [0.5, 0.6) is 17.2 Å². The van der Waals surface area contributed by atoms with Gasteiger partial charge in [-0.2, -0.15) is 0 Å². The Morgan fingerprint density at radius 3 is 2.85 bits per heavy atom. The summed E-state index contributed by atoms with van der Waals surface area (Å²) in [7, 11) is 0. The first-order chi connectivity index (χ1) is 12.6. The molecule has 1 saturated heterocycles. The fraction of sp³-hybridized carbons (Fsp3) is 0.263. The molecular weight excluding hydrogens is 358 g/mol. The molecule has 2 aliphatic heterocycles. The number of carbonyl (C=O) groups excluding carboxylic acids is 2. The van der Waals surface area contributed by atoms with Gasteiger partial charge in [-0.1, -0.05) is 29.8 Å². The van der Waals surface area contributed by atoms with E-state index in [1.54, 1.807) is 29.2 Å². The second-order valence-electron chi connectivity index (χ2n) is 6.20. The highest BCUT2D eigenvalue weighted by Gasteiger charge is 2.36. The van der Waals surface area contributed by atoms with Gasteiger partial charge in [0.25, 0.3) is 0 Å². The number of rotatable bonds is 4. The minimum atomic E-state index is -0.504. The van der Waals surface area contributed by atoms with Crippen LogP contribution in [-0.4, -0.2) is 30.1 Å². The SMILES string of the molecule is O=C(Oc1ccc2c(c1)OCO2)[C@@H]1CC(=O)N(Cc2ccccc2Cl)C1. The van der Waals surface area contributed by atoms with Gasteiger partial charge < -0.3 is 19.1 Å². The molecule has 0 aromatic heterocycles. The Kier molecular flexibility index (Phi) is 4.42. The first kappa shape index (κ1) is 16.7. The summed E-state index contributed by atoms with van der Waals surface area (Å²) in [5, 5.41) is 0.603. The van der Waals surface area contributed by atoms with Crippen molar-refractivity contribution in [2.75, 3.05) is 13.3 Å². The third-order valence-corrected chi connectivity index (χ3v) is 4.80. The van der Waals surface area contributed by atoms with E-state index in [1.807, 2.05) is 18.2 Å². The zero-order valence-corrected chi connectivity index (χ0v) is 14.6. The Morgan fingerprint density at radius 1 is 1.19 bits per heavy atom. The van der Waals surface area contributed by atoms with Crippen molar-refractivity contribution in [2.45, 2.75) is 13.0 Å². The Morgan fingerprint density at radius 2 is 2.00 bits per heavy atom. The summed E-state index contributed by atoms with van der Waals surface area (Å²) >= 11 is 6.15. The molecule has 0 saturated carbocycles. The number of fused-ring (bicyclic) bond motifs is 1. The van der Waals surface area contributed by atoms with E-state index in [0.717, 1.165) is 5.56 Å². The molecule has 2 aliphatic rings. The molecule has 0 aliphatic carbocycles. The van der Waals surface area contributed by atoms with Gasteiger partial charge in [0.05, 0.1) is 5.92 Å². The molecule has 26 heavy (non-hydrogen) atoms. The lowest BCUT2D eigenvalue weighted by Gasteiger charge is -2.17. The fourth-order valence-electron chi connectivity index (χ4n) is 3.05. The number of carbonyl (C=O) groups is 2. The maximum Gasteiger partial charge on any atom is 0.316 e. The van der Waals surface area contributed by atoms with Crippen molar-refractivity contribution in [3.63, 3.8) is 0 Å². The smallest absolute Gasteiger partial charge is 0.316 e. The summed E-state index contributed by atoms with van der Waals surface area (Å²) in [6.07, 6.45) is 0.133. The molecule has 0 N–H and O–H groups in total. The van der Waals surface area contributed by atoms with Crippen LogP contribution in [0, 0.1) is 5.92 Å². The van der Waals surface area contributed by atoms with Gasteiger partial charge in [-0.25, -0.2) is 0 Å². The van der Waals surface area contributed by atoms with E-state index >= 15 is 0 Å². The van der Waals surface area contributed by atoms with Crippen LogP contribution in [0.25, 0.3) is 0 Å². The van der Waals surface area contributed by atoms with Gasteiger partial charge in [0.2, 0.25) is 12.7 Å². The van der Waals surface area contributed by atoms with Crippen molar-refractivity contribution in [3.05, 3.63) is 53.1 Å². The van der Waals surface area contributed by atoms with Gasteiger partial charge in [0, 0.05) is 30.6 Å². The summed E-state index contributed by atoms with van der Waals surface area (Å²) in [4.78, 5) is 26.3. The fourth-order valence-corrected chi connectivity index (χ4v) is 3.25. The second-order valence-corrected chi connectivity index (χ2v) is 6.61. The Bertz CT molecular complexity index is 869. The lowest BCUT2D eigenvalue weighted by molar-refractivity contribution is -0.139. The van der Waals surface area contributed by atoms with Gasteiger partial charge >= 0.3 is 5.97 Å². The monoisotopic (exact) mass is 373 g/mol. The van der Waals surface area contributed by atoms with Crippen LogP contribution in [0.4, 0.5) is 0 Å². The van der Waals surface area contributed by atoms with E-state index in [0.29, 0.717) is 35.4 Å². The van der Waals surface area contributed by atoms with Crippen LogP contribution >= 0.6 is 11.6 Å². The largest absolute Gasteiger partial charge is 0.454 e. The average Bonchev–Trinajstić information content (AvgIpc) is 3.23. The average molecular weight is 374 g/mol. The number of hydrogen-bond acceptors (Lipinski definition) is 5. The van der Waals surface area contributed by atoms with E-state index in [1.165, 1.54) is 0 Å². The number of likely N-dealkylation sites (tertiary alicyclic amines) is 1. The van der Waals surface area contributed by atoms with Crippen molar-refractivity contribution < 1.29 is 23.8 Å². The van der Waals surface area contributed by atoms with Crippen molar-refractivity contribution in [1.29, 1.82) is 0 Å². The van der Waals surface area contributed by atoms with Crippen LogP contribution in [0.2, 0.25) is 5.02 Å². The molecule has 134 valence electrons. The van der Waals surface area contributed by atoms with E-state index in [4.69, 9.17) is 25.8 Å². The summed E-state index contributed by atoms with van der Waals surface area (Å²) in [5.41, 5.74) is 0.854. The van der Waals surface area contributed by atoms with Gasteiger partial charge in [-0.15, -0.1) is 0 Å². The third kappa shape index (κ3) is 3.32. The maximum atomic E-state index is 12.4. The standard InChI is InChI=1S/C19H16ClNO5/c20-15-4-2-1-3-12(15)9-21-10-13(7-18(21)22)19(23)26-14-5-6-16-17(8-14)25-11-24-16/h1-6,8,13H,7,9-11H2/t13-/m1/s1. The van der Waals surface area contributed by atoms with E-state index < -0.39 is 11.9 Å². The molecule has 4 rings (SSSR count). The molecule has 0 spiro atoms. The number of amides is 1. The van der Waals surface area contributed by atoms with Crippen LogP contribution in [-0.2, 0) is 16.1 Å². The minimum Gasteiger partial charge on any atom is -0.454 e. The number of esters is 1. The van der Waals surface area contributed by atoms with Crippen molar-refractivity contribution in [2.24, 2.45) is 5.92 Å². The lowest BCUT2D eigenvalue weighted by atomic mass is 10.1. The first-order valence-electron chi connectivity index (χ1n) is 8.22. The summed E-state index contributed by atoms with van der Waals surface area (Å²) in [5.74, 6) is 0.507. The molecule has 0 unspecified atom stereocenters. The molecule has 2 aromatic carbocycles. The molecule has 0 radical (unpaired) electrons. The summed E-state index contributed by atoms with van der Waals surface area (Å²) < 4.78 is 15.9. The summed E-state index contributed by atoms with van der Waals surface area (Å²) in [6, 6.07) is 12.3. The number of benzene rings is 2. The maximum absolute atomic E-state index is 12.4. The van der Waals surface area contributed by atoms with Crippen molar-refractivity contribution in [3.8, 4) is 17.2 Å². The molecule has 0 bridgehead atoms. The van der Waals surface area contributed by atoms with Gasteiger partial charge in [-0.3, -0.25) is 9.59 Å². The van der Waals surface area contributed by atoms with Crippen LogP contribution in [0.1, 0.15) is 12.0 Å². The molecule has 1 atom stereocenters. The predicted molar refractivity (Wildman–Crippen MR) is 93.2 cm³/mol. The second kappa shape index (κ2) is 6.88. The number of nitrogens with zero attached hydrogens (tertiary/aromatic N) is 1. The summed E-state index contributed by atoms with van der Waals surface area (Å²) in [6.45, 7) is 0.848. The highest BCUT2D eigenvalue weighted by Crippen LogP contribution is 2.35. The van der Waals surface area contributed by atoms with Crippen LogP contribution < -0.4 is 14.2 Å². The highest BCUT2D eigenvalue weighted by molar-refractivity contribution is 6.31. The lowest BCUT2D eigenvalue weighted by Crippen LogP contribution is -2.27. The Balaban J connectivity index is 1.40. The topological polar surface area (TPSA) is 65.1 Å². The van der Waals surface area contributed by atoms with Crippen molar-refractivity contribution >= 4 is 23.5 Å². The van der Waals surface area contributed by atoms with Gasteiger partial charge in [0.1, 0.15) is 5.75 Å². The van der Waals surface area contributed by atoms with Gasteiger partial charge in [-0.05, 0) is 23.8 Å². The molecule has 7 heteroatoms. The molecule has 6 nitrogen and oxygen atoms in total. The number of hydrogen-bond donors (Lipinski definition) is 0. The molecule has 1 fully saturated rings. The zero-order chi connectivity index (χ0) is 18.1. The zero-order valence-electron chi connectivity index (χ0n) is 13.8. The molecule has 2 heterocycles. The van der Waals surface area contributed by atoms with E-state index in [2.05, 4.69) is 0 Å². The highest BCUT2D eigenvalue weighted by atomic mass is 35.5. The minimum absolute atomic E-state index is 0.0856. The normalized spacial score (nSPS) is 18.3. The molecular formula is C19H16ClNO5. The predicted octanol–water partition coefficient (Wildman–Crippen LogP) is 3.02. The van der Waals surface area contributed by atoms with Gasteiger partial charge in [0.15, 0.2) is 11.5 Å². The third-order valence-electron chi connectivity index (χ3n) is 4.43. The quantitative estimate of drug-likeness (QED) is 0.609. The van der Waals surface area contributed by atoms with E-state index in [9.17, 15) is 9.59 Å². The number of ether oxygens (including phenoxy) is 3. The number of halogens is 1. The molecule has 2 aromatic rings. The van der Waals surface area contributed by atoms with Crippen LogP contribution in [0.3, 0.4) is 0 Å². The Hall–Kier alpha value is -2.73. The first-order valence-corrected chi connectivity index (χ1v) is 8.60. The molecule has 1 amide bonds. The van der Waals surface area contributed by atoms with Crippen LogP contribution in [0.15, 0.2) is 42.5 Å². The van der Waals surface area contributed by atoms with Crippen molar-refractivity contribution in [1.82, 2.24) is 4.90 Å². The van der Waals surface area contributed by atoms with E-state index in [-0.39, 0.29) is 19.1 Å².